The minimum atomic E-state index is -0.913. The first-order chi connectivity index (χ1) is 12.1. The van der Waals surface area contributed by atoms with Gasteiger partial charge in [0.05, 0.1) is 11.8 Å². The van der Waals surface area contributed by atoms with E-state index in [2.05, 4.69) is 5.92 Å². The van der Waals surface area contributed by atoms with Gasteiger partial charge in [0.25, 0.3) is 0 Å². The maximum absolute atomic E-state index is 12.6. The maximum Gasteiger partial charge on any atom is 0.311 e. The zero-order chi connectivity index (χ0) is 17.8. The molecule has 0 unspecified atom stereocenters. The van der Waals surface area contributed by atoms with Gasteiger partial charge in [0.15, 0.2) is 6.61 Å². The number of hydrogen-bond acceptors (Lipinski definition) is 3. The van der Waals surface area contributed by atoms with Crippen LogP contribution < -0.4 is 0 Å². The predicted molar refractivity (Wildman–Crippen MR) is 92.8 cm³/mol. The number of carbonyl (C=O) groups is 2. The third kappa shape index (κ3) is 3.14. The van der Waals surface area contributed by atoms with Crippen LogP contribution in [0.5, 0.6) is 0 Å². The zero-order valence-electron chi connectivity index (χ0n) is 13.5. The summed E-state index contributed by atoms with van der Waals surface area (Å²) in [5.41, 5.74) is 1.65. The van der Waals surface area contributed by atoms with Gasteiger partial charge in [-0.05, 0) is 11.1 Å². The Labute approximate surface area is 146 Å². The predicted octanol–water partition coefficient (Wildman–Crippen LogP) is 3.06. The highest BCUT2D eigenvalue weighted by Crippen LogP contribution is 2.57. The Morgan fingerprint density at radius 3 is 1.80 bits per heavy atom. The fourth-order valence-corrected chi connectivity index (χ4v) is 3.74. The number of esters is 1. The Morgan fingerprint density at radius 2 is 1.40 bits per heavy atom. The number of carbonyl (C=O) groups excluding carboxylic acids is 1. The standard InChI is InChI=1S/C21H18O4/c1-2-13-25-21(24)19-16(14-9-5-3-6-10-14)18(20(22)23)17(19)15-11-7-4-8-12-15/h1,3-12,16-19H,13H2,(H,22,23)/t16-,17-,18?,19?/m0/s1. The molecule has 0 saturated heterocycles. The summed E-state index contributed by atoms with van der Waals surface area (Å²) in [6, 6.07) is 18.5. The maximum atomic E-state index is 12.6. The highest BCUT2D eigenvalue weighted by molar-refractivity contribution is 5.84. The Kier molecular flexibility index (Phi) is 4.85. The molecule has 3 rings (SSSR count). The van der Waals surface area contributed by atoms with Gasteiger partial charge in [-0.25, -0.2) is 0 Å². The molecule has 25 heavy (non-hydrogen) atoms. The van der Waals surface area contributed by atoms with E-state index in [4.69, 9.17) is 11.2 Å². The van der Waals surface area contributed by atoms with Gasteiger partial charge in [0, 0.05) is 11.8 Å². The van der Waals surface area contributed by atoms with E-state index in [1.54, 1.807) is 0 Å². The van der Waals surface area contributed by atoms with Crippen LogP contribution in [0, 0.1) is 24.2 Å². The van der Waals surface area contributed by atoms with Crippen molar-refractivity contribution in [3.05, 3.63) is 71.8 Å². The van der Waals surface area contributed by atoms with Crippen molar-refractivity contribution < 1.29 is 19.4 Å². The summed E-state index contributed by atoms with van der Waals surface area (Å²) in [5.74, 6) is -1.20. The number of carboxylic acids is 1. The van der Waals surface area contributed by atoms with E-state index in [0.29, 0.717) is 0 Å². The normalized spacial score (nSPS) is 24.6. The van der Waals surface area contributed by atoms with Crippen molar-refractivity contribution in [1.29, 1.82) is 0 Å². The molecule has 2 atom stereocenters. The number of benzene rings is 2. The SMILES string of the molecule is C#CCOC(=O)C1[C@@H](c2ccccc2)C(C(=O)O)[C@@H]1c1ccccc1. The lowest BCUT2D eigenvalue weighted by molar-refractivity contribution is -0.163. The molecule has 0 amide bonds. The molecule has 1 fully saturated rings. The van der Waals surface area contributed by atoms with E-state index in [0.717, 1.165) is 11.1 Å². The van der Waals surface area contributed by atoms with Crippen LogP contribution in [0.4, 0.5) is 0 Å². The smallest absolute Gasteiger partial charge is 0.311 e. The minimum absolute atomic E-state index is 0.115. The van der Waals surface area contributed by atoms with Gasteiger partial charge >= 0.3 is 11.9 Å². The monoisotopic (exact) mass is 334 g/mol. The molecule has 0 aromatic heterocycles. The molecule has 2 aromatic carbocycles. The van der Waals surface area contributed by atoms with Crippen LogP contribution in [0.3, 0.4) is 0 Å². The van der Waals surface area contributed by atoms with Gasteiger partial charge in [-0.2, -0.15) is 0 Å². The second kappa shape index (κ2) is 7.23. The first-order valence-corrected chi connectivity index (χ1v) is 8.08. The minimum Gasteiger partial charge on any atom is -0.481 e. The highest BCUT2D eigenvalue weighted by atomic mass is 16.5. The molecule has 0 radical (unpaired) electrons. The zero-order valence-corrected chi connectivity index (χ0v) is 13.5. The third-order valence-corrected chi connectivity index (χ3v) is 4.77. The summed E-state index contributed by atoms with van der Waals surface area (Å²) in [6.45, 7) is -0.115. The van der Waals surface area contributed by atoms with Gasteiger partial charge in [-0.15, -0.1) is 6.42 Å². The van der Waals surface area contributed by atoms with Crippen molar-refractivity contribution in [2.24, 2.45) is 11.8 Å². The topological polar surface area (TPSA) is 63.6 Å². The van der Waals surface area contributed by atoms with Crippen LogP contribution in [0.25, 0.3) is 0 Å². The van der Waals surface area contributed by atoms with Crippen molar-refractivity contribution in [3.63, 3.8) is 0 Å². The van der Waals surface area contributed by atoms with Crippen molar-refractivity contribution in [1.82, 2.24) is 0 Å². The summed E-state index contributed by atoms with van der Waals surface area (Å²) in [5, 5.41) is 9.79. The number of terminal acetylenes is 1. The van der Waals surface area contributed by atoms with E-state index in [1.165, 1.54) is 0 Å². The number of ether oxygens (including phenoxy) is 1. The fourth-order valence-electron chi connectivity index (χ4n) is 3.74. The molecule has 0 spiro atoms. The van der Waals surface area contributed by atoms with Crippen LogP contribution in [0.1, 0.15) is 23.0 Å². The molecule has 4 nitrogen and oxygen atoms in total. The quantitative estimate of drug-likeness (QED) is 0.674. The van der Waals surface area contributed by atoms with Crippen molar-refractivity contribution in [3.8, 4) is 12.3 Å². The molecule has 1 N–H and O–H groups in total. The molecule has 0 heterocycles. The molecule has 1 aliphatic rings. The number of rotatable bonds is 5. The summed E-state index contributed by atoms with van der Waals surface area (Å²) in [7, 11) is 0. The second-order valence-corrected chi connectivity index (χ2v) is 6.07. The van der Waals surface area contributed by atoms with Gasteiger partial charge in [-0.1, -0.05) is 66.6 Å². The molecule has 0 aliphatic heterocycles. The largest absolute Gasteiger partial charge is 0.481 e. The van der Waals surface area contributed by atoms with Crippen molar-refractivity contribution in [2.75, 3.05) is 6.61 Å². The Morgan fingerprint density at radius 1 is 0.920 bits per heavy atom. The van der Waals surface area contributed by atoms with Gasteiger partial charge < -0.3 is 9.84 Å². The van der Waals surface area contributed by atoms with Crippen LogP contribution in [-0.2, 0) is 14.3 Å². The first kappa shape index (κ1) is 16.8. The average molecular weight is 334 g/mol. The van der Waals surface area contributed by atoms with E-state index in [1.807, 2.05) is 60.7 Å². The molecule has 1 saturated carbocycles. The molecule has 1 aliphatic carbocycles. The van der Waals surface area contributed by atoms with Crippen LogP contribution in [0.15, 0.2) is 60.7 Å². The summed E-state index contributed by atoms with van der Waals surface area (Å²) in [4.78, 5) is 24.6. The molecule has 0 bridgehead atoms. The second-order valence-electron chi connectivity index (χ2n) is 6.07. The Bertz CT molecular complexity index is 744. The molecular formula is C21H18O4. The number of aliphatic carboxylic acids is 1. The number of carboxylic acid groups (broad SMARTS) is 1. The Hall–Kier alpha value is -3.06. The van der Waals surface area contributed by atoms with Crippen molar-refractivity contribution >= 4 is 11.9 Å². The highest BCUT2D eigenvalue weighted by Gasteiger charge is 2.59. The summed E-state index contributed by atoms with van der Waals surface area (Å²) < 4.78 is 5.16. The molecule has 126 valence electrons. The fraction of sp³-hybridized carbons (Fsp3) is 0.238. The van der Waals surface area contributed by atoms with Crippen LogP contribution in [0.2, 0.25) is 0 Å². The lowest BCUT2D eigenvalue weighted by Gasteiger charge is -2.48. The summed E-state index contributed by atoms with van der Waals surface area (Å²) >= 11 is 0. The lowest BCUT2D eigenvalue weighted by atomic mass is 9.52. The van der Waals surface area contributed by atoms with Crippen LogP contribution in [-0.4, -0.2) is 23.7 Å². The van der Waals surface area contributed by atoms with E-state index >= 15 is 0 Å². The van der Waals surface area contributed by atoms with Crippen molar-refractivity contribution in [2.45, 2.75) is 11.8 Å². The number of hydrogen-bond donors (Lipinski definition) is 1. The van der Waals surface area contributed by atoms with Gasteiger partial charge in [-0.3, -0.25) is 9.59 Å². The average Bonchev–Trinajstić information content (AvgIpc) is 2.60. The van der Waals surface area contributed by atoms with Crippen LogP contribution >= 0.6 is 0 Å². The summed E-state index contributed by atoms with van der Waals surface area (Å²) in [6.07, 6.45) is 5.18. The van der Waals surface area contributed by atoms with Gasteiger partial charge in [0.1, 0.15) is 0 Å². The molecule has 4 heteroatoms. The lowest BCUT2D eigenvalue weighted by Crippen LogP contribution is -2.51. The third-order valence-electron chi connectivity index (χ3n) is 4.77. The Balaban J connectivity index is 2.01. The van der Waals surface area contributed by atoms with Gasteiger partial charge in [0.2, 0.25) is 0 Å². The van der Waals surface area contributed by atoms with E-state index < -0.39 is 35.6 Å². The van der Waals surface area contributed by atoms with E-state index in [-0.39, 0.29) is 6.61 Å². The molecular weight excluding hydrogens is 316 g/mol. The first-order valence-electron chi connectivity index (χ1n) is 8.08. The van der Waals surface area contributed by atoms with E-state index in [9.17, 15) is 14.7 Å². The molecule has 2 aromatic rings.